The van der Waals surface area contributed by atoms with Crippen molar-refractivity contribution in [2.45, 2.75) is 67.3 Å². The Morgan fingerprint density at radius 2 is 1.52 bits per heavy atom. The van der Waals surface area contributed by atoms with E-state index in [0.717, 1.165) is 37.8 Å². The molecule has 168 valence electrons. The van der Waals surface area contributed by atoms with Crippen LogP contribution < -0.4 is 0 Å². The maximum atomic E-state index is 12.9. The number of hydrogen-bond donors (Lipinski definition) is 1. The molecule has 1 aliphatic carbocycles. The molecule has 0 bridgehead atoms. The van der Waals surface area contributed by atoms with Crippen LogP contribution in [-0.2, 0) is 9.84 Å². The van der Waals surface area contributed by atoms with E-state index in [1.165, 1.54) is 56.7 Å². The van der Waals surface area contributed by atoms with Crippen LogP contribution in [0.2, 0.25) is 0 Å². The van der Waals surface area contributed by atoms with E-state index in [-0.39, 0.29) is 21.6 Å². The maximum absolute atomic E-state index is 12.9. The fourth-order valence-corrected chi connectivity index (χ4v) is 6.34. The first-order valence-electron chi connectivity index (χ1n) is 11.6. The second-order valence-corrected chi connectivity index (χ2v) is 10.9. The molecule has 1 unspecified atom stereocenters. The monoisotopic (exact) mass is 442 g/mol. The minimum atomic E-state index is -3.63. The van der Waals surface area contributed by atoms with Crippen molar-refractivity contribution in [2.75, 3.05) is 26.2 Å². The summed E-state index contributed by atoms with van der Waals surface area (Å²) in [5.74, 6) is -0.0469. The molecule has 0 aromatic heterocycles. The molecule has 1 saturated heterocycles. The minimum Gasteiger partial charge on any atom is -0.508 e. The van der Waals surface area contributed by atoms with Gasteiger partial charge in [-0.2, -0.15) is 0 Å². The van der Waals surface area contributed by atoms with Crippen LogP contribution in [0.5, 0.6) is 5.75 Å². The number of aromatic hydroxyl groups is 1. The summed E-state index contributed by atoms with van der Waals surface area (Å²) >= 11 is 0. The van der Waals surface area contributed by atoms with Crippen molar-refractivity contribution in [3.8, 4) is 5.75 Å². The predicted molar refractivity (Wildman–Crippen MR) is 123 cm³/mol. The summed E-state index contributed by atoms with van der Waals surface area (Å²) in [6, 6.07) is 14.1. The highest BCUT2D eigenvalue weighted by atomic mass is 32.2. The molecular weight excluding hydrogens is 408 g/mol. The largest absolute Gasteiger partial charge is 0.508 e. The lowest BCUT2D eigenvalue weighted by Gasteiger charge is -2.41. The molecule has 31 heavy (non-hydrogen) atoms. The van der Waals surface area contributed by atoms with Crippen LogP contribution in [0.25, 0.3) is 0 Å². The third kappa shape index (κ3) is 5.13. The maximum Gasteiger partial charge on any atom is 0.206 e. The van der Waals surface area contributed by atoms with Crippen molar-refractivity contribution in [3.63, 3.8) is 0 Å². The SMILES string of the molecule is CC(c1ccc(S(=O)(=O)c2cccc(O)c2)cc1)N1CCN(C2CCCCCC2)CC1. The predicted octanol–water partition coefficient (Wildman–Crippen LogP) is 4.63. The van der Waals surface area contributed by atoms with Gasteiger partial charge in [0.25, 0.3) is 0 Å². The van der Waals surface area contributed by atoms with Gasteiger partial charge >= 0.3 is 0 Å². The van der Waals surface area contributed by atoms with Crippen molar-refractivity contribution in [3.05, 3.63) is 54.1 Å². The lowest BCUT2D eigenvalue weighted by atomic mass is 10.0. The first kappa shape index (κ1) is 22.3. The summed E-state index contributed by atoms with van der Waals surface area (Å²) in [7, 11) is -3.63. The van der Waals surface area contributed by atoms with E-state index in [0.29, 0.717) is 0 Å². The summed E-state index contributed by atoms with van der Waals surface area (Å²) < 4.78 is 25.7. The van der Waals surface area contributed by atoms with Gasteiger partial charge in [-0.25, -0.2) is 8.42 Å². The molecule has 0 spiro atoms. The molecule has 6 heteroatoms. The summed E-state index contributed by atoms with van der Waals surface area (Å²) in [5.41, 5.74) is 1.14. The molecule has 0 radical (unpaired) electrons. The molecular formula is C25H34N2O3S. The number of phenolic OH excluding ortho intramolecular Hbond substituents is 1. The third-order valence-electron chi connectivity index (χ3n) is 7.04. The third-order valence-corrected chi connectivity index (χ3v) is 8.81. The lowest BCUT2D eigenvalue weighted by Crippen LogP contribution is -2.50. The molecule has 2 aromatic carbocycles. The number of sulfone groups is 1. The van der Waals surface area contributed by atoms with Crippen molar-refractivity contribution in [2.24, 2.45) is 0 Å². The average molecular weight is 443 g/mol. The smallest absolute Gasteiger partial charge is 0.206 e. The van der Waals surface area contributed by atoms with Gasteiger partial charge in [0.05, 0.1) is 9.79 Å². The van der Waals surface area contributed by atoms with Crippen LogP contribution in [0.15, 0.2) is 58.3 Å². The van der Waals surface area contributed by atoms with Gasteiger partial charge in [0.2, 0.25) is 9.84 Å². The Balaban J connectivity index is 1.39. The molecule has 1 N–H and O–H groups in total. The lowest BCUT2D eigenvalue weighted by molar-refractivity contribution is 0.0681. The van der Waals surface area contributed by atoms with Crippen molar-refractivity contribution in [1.82, 2.24) is 9.80 Å². The highest BCUT2D eigenvalue weighted by molar-refractivity contribution is 7.91. The van der Waals surface area contributed by atoms with E-state index in [1.807, 2.05) is 12.1 Å². The van der Waals surface area contributed by atoms with Gasteiger partial charge in [0.15, 0.2) is 0 Å². The molecule has 1 heterocycles. The highest BCUT2D eigenvalue weighted by Gasteiger charge is 2.27. The molecule has 0 amide bonds. The van der Waals surface area contributed by atoms with E-state index >= 15 is 0 Å². The van der Waals surface area contributed by atoms with Crippen LogP contribution in [0.3, 0.4) is 0 Å². The highest BCUT2D eigenvalue weighted by Crippen LogP contribution is 2.28. The Labute approximate surface area is 186 Å². The molecule has 1 aliphatic heterocycles. The van der Waals surface area contributed by atoms with Gasteiger partial charge in [-0.3, -0.25) is 9.80 Å². The minimum absolute atomic E-state index is 0.0469. The van der Waals surface area contributed by atoms with E-state index in [2.05, 4.69) is 16.7 Å². The zero-order chi connectivity index (χ0) is 21.8. The Hall–Kier alpha value is -1.89. The quantitative estimate of drug-likeness (QED) is 0.685. The molecule has 5 nitrogen and oxygen atoms in total. The zero-order valence-electron chi connectivity index (χ0n) is 18.4. The Kier molecular flexibility index (Phi) is 6.99. The van der Waals surface area contributed by atoms with Crippen molar-refractivity contribution in [1.29, 1.82) is 0 Å². The van der Waals surface area contributed by atoms with Crippen molar-refractivity contribution < 1.29 is 13.5 Å². The van der Waals surface area contributed by atoms with E-state index < -0.39 is 9.84 Å². The number of nitrogens with zero attached hydrogens (tertiary/aromatic N) is 2. The summed E-state index contributed by atoms with van der Waals surface area (Å²) in [6.45, 7) is 6.57. The van der Waals surface area contributed by atoms with Gasteiger partial charge in [0, 0.05) is 38.3 Å². The summed E-state index contributed by atoms with van der Waals surface area (Å²) in [6.07, 6.45) is 8.24. The molecule has 4 rings (SSSR count). The molecule has 1 saturated carbocycles. The molecule has 2 fully saturated rings. The van der Waals surface area contributed by atoms with Gasteiger partial charge in [-0.05, 0) is 55.7 Å². The van der Waals surface area contributed by atoms with E-state index in [1.54, 1.807) is 18.2 Å². The average Bonchev–Trinajstić information content (AvgIpc) is 3.08. The Morgan fingerprint density at radius 3 is 2.13 bits per heavy atom. The van der Waals surface area contributed by atoms with Crippen molar-refractivity contribution >= 4 is 9.84 Å². The number of benzene rings is 2. The second kappa shape index (κ2) is 9.72. The van der Waals surface area contributed by atoms with E-state index in [9.17, 15) is 13.5 Å². The molecule has 1 atom stereocenters. The van der Waals surface area contributed by atoms with Crippen LogP contribution in [0, 0.1) is 0 Å². The fourth-order valence-electron chi connectivity index (χ4n) is 5.04. The fraction of sp³-hybridized carbons (Fsp3) is 0.520. The second-order valence-electron chi connectivity index (χ2n) is 8.96. The van der Waals surface area contributed by atoms with Crippen LogP contribution in [-0.4, -0.2) is 55.5 Å². The molecule has 2 aromatic rings. The number of rotatable bonds is 5. The van der Waals surface area contributed by atoms with Crippen LogP contribution in [0.1, 0.15) is 57.1 Å². The standard InChI is InChI=1S/C25H34N2O3S/c1-20(26-15-17-27(18-16-26)22-7-4-2-3-5-8-22)21-11-13-24(14-12-21)31(29,30)25-10-6-9-23(28)19-25/h6,9-14,19-20,22,28H,2-5,7-8,15-18H2,1H3. The van der Waals surface area contributed by atoms with Gasteiger partial charge < -0.3 is 5.11 Å². The number of piperazine rings is 1. The van der Waals surface area contributed by atoms with Crippen LogP contribution in [0.4, 0.5) is 0 Å². The first-order valence-corrected chi connectivity index (χ1v) is 13.1. The number of hydrogen-bond acceptors (Lipinski definition) is 5. The Bertz CT molecular complexity index is 959. The van der Waals surface area contributed by atoms with Crippen LogP contribution >= 0.6 is 0 Å². The normalized spacial score (nSPS) is 20.9. The first-order chi connectivity index (χ1) is 14.9. The number of phenols is 1. The molecule has 2 aliphatic rings. The zero-order valence-corrected chi connectivity index (χ0v) is 19.2. The van der Waals surface area contributed by atoms with Gasteiger partial charge in [-0.1, -0.05) is 43.9 Å². The van der Waals surface area contributed by atoms with E-state index in [4.69, 9.17) is 0 Å². The van der Waals surface area contributed by atoms with Gasteiger partial charge in [-0.15, -0.1) is 0 Å². The Morgan fingerprint density at radius 1 is 0.871 bits per heavy atom. The summed E-state index contributed by atoms with van der Waals surface area (Å²) in [5, 5.41) is 9.63. The summed E-state index contributed by atoms with van der Waals surface area (Å²) in [4.78, 5) is 5.57. The van der Waals surface area contributed by atoms with Gasteiger partial charge in [0.1, 0.15) is 5.75 Å². The topological polar surface area (TPSA) is 60.9 Å².